The molecule has 0 bridgehead atoms. The first-order chi connectivity index (χ1) is 2.27. The summed E-state index contributed by atoms with van der Waals surface area (Å²) < 4.78 is 11.0. The molecule has 0 aromatic heterocycles. The van der Waals surface area contributed by atoms with Gasteiger partial charge in [0, 0.05) is 0 Å². The Labute approximate surface area is 30.3 Å². The normalized spacial score (nSPS) is 5.60. The lowest BCUT2D eigenvalue weighted by Gasteiger charge is -1.61. The highest BCUT2D eigenvalue weighted by molar-refractivity contribution is 5.12. The molecule has 5 heavy (non-hydrogen) atoms. The zero-order chi connectivity index (χ0) is 4.28. The lowest BCUT2D eigenvalue weighted by molar-refractivity contribution is 0.680. The molecule has 26 valence electrons. The average Bonchev–Trinajstić information content (AvgIpc) is 1.38. The van der Waals surface area contributed by atoms with E-state index in [0.717, 1.165) is 0 Å². The molecule has 1 heteroatoms. The van der Waals surface area contributed by atoms with Gasteiger partial charge in [0.1, 0.15) is 0 Å². The summed E-state index contributed by atoms with van der Waals surface area (Å²) in [5, 5.41) is 0. The van der Waals surface area contributed by atoms with Crippen LogP contribution in [0.25, 0.3) is 0 Å². The van der Waals surface area contributed by atoms with E-state index in [1.54, 1.807) is 5.92 Å². The summed E-state index contributed by atoms with van der Waals surface area (Å²) in [6.45, 7) is 2.77. The standard InChI is InChI=1S/C4H3F/c1-3-4(2)5/h1H,2H2. The second-order valence-electron chi connectivity index (χ2n) is 0.549. The highest BCUT2D eigenvalue weighted by Gasteiger charge is 1.66. The van der Waals surface area contributed by atoms with Crippen LogP contribution in [-0.4, -0.2) is 0 Å². The highest BCUT2D eigenvalue weighted by atomic mass is 19.1. The number of halogens is 1. The van der Waals surface area contributed by atoms with Crippen LogP contribution >= 0.6 is 0 Å². The monoisotopic (exact) mass is 70.0 g/mol. The average molecular weight is 70.1 g/mol. The molecule has 0 saturated heterocycles. The van der Waals surface area contributed by atoms with Crippen LogP contribution in [-0.2, 0) is 0 Å². The summed E-state index contributed by atoms with van der Waals surface area (Å²) >= 11 is 0. The number of hydrogen-bond donors (Lipinski definition) is 0. The minimum Gasteiger partial charge on any atom is -0.198 e. The van der Waals surface area contributed by atoms with Crippen molar-refractivity contribution >= 4 is 0 Å². The molecule has 0 radical (unpaired) electrons. The Kier molecular flexibility index (Phi) is 1.30. The van der Waals surface area contributed by atoms with Crippen molar-refractivity contribution in [2.24, 2.45) is 0 Å². The van der Waals surface area contributed by atoms with Crippen molar-refractivity contribution in [3.05, 3.63) is 12.4 Å². The first-order valence-electron chi connectivity index (χ1n) is 1.08. The predicted octanol–water partition coefficient (Wildman–Crippen LogP) is 1.10. The van der Waals surface area contributed by atoms with Gasteiger partial charge >= 0.3 is 0 Å². The van der Waals surface area contributed by atoms with E-state index in [9.17, 15) is 4.39 Å². The summed E-state index contributed by atoms with van der Waals surface area (Å²) in [6.07, 6.45) is 4.45. The summed E-state index contributed by atoms with van der Waals surface area (Å²) in [5.74, 6) is 0.949. The van der Waals surface area contributed by atoms with Crippen molar-refractivity contribution in [3.8, 4) is 12.3 Å². The number of rotatable bonds is 0. The largest absolute Gasteiger partial charge is 0.198 e. The molecule has 0 aromatic rings. The predicted molar refractivity (Wildman–Crippen MR) is 19.1 cm³/mol. The van der Waals surface area contributed by atoms with Crippen molar-refractivity contribution < 1.29 is 4.39 Å². The Morgan fingerprint density at radius 1 is 2.00 bits per heavy atom. The van der Waals surface area contributed by atoms with Gasteiger partial charge in [0.25, 0.3) is 0 Å². The van der Waals surface area contributed by atoms with Crippen LogP contribution in [0.3, 0.4) is 0 Å². The molecule has 0 atom stereocenters. The Morgan fingerprint density at radius 3 is 2.20 bits per heavy atom. The number of allylic oxidation sites excluding steroid dienone is 1. The minimum absolute atomic E-state index is 0.718. The molecule has 0 aliphatic heterocycles. The third kappa shape index (κ3) is 3.23. The first-order valence-corrected chi connectivity index (χ1v) is 1.08. The topological polar surface area (TPSA) is 0 Å². The van der Waals surface area contributed by atoms with Crippen LogP contribution in [0.1, 0.15) is 0 Å². The molecular formula is C4H3F. The van der Waals surface area contributed by atoms with E-state index in [4.69, 9.17) is 0 Å². The molecule has 0 spiro atoms. The van der Waals surface area contributed by atoms with E-state index in [1.807, 2.05) is 0 Å². The van der Waals surface area contributed by atoms with Gasteiger partial charge < -0.3 is 0 Å². The van der Waals surface area contributed by atoms with Gasteiger partial charge in [-0.2, -0.15) is 4.39 Å². The third-order valence-corrected chi connectivity index (χ3v) is 0.157. The van der Waals surface area contributed by atoms with E-state index < -0.39 is 5.83 Å². The van der Waals surface area contributed by atoms with Gasteiger partial charge in [-0.1, -0.05) is 6.58 Å². The van der Waals surface area contributed by atoms with Crippen LogP contribution in [0.2, 0.25) is 0 Å². The zero-order valence-electron chi connectivity index (χ0n) is 2.66. The summed E-state index contributed by atoms with van der Waals surface area (Å²) in [7, 11) is 0. The lowest BCUT2D eigenvalue weighted by Crippen LogP contribution is -1.48. The molecule has 0 saturated carbocycles. The van der Waals surface area contributed by atoms with Gasteiger partial charge in [0.2, 0.25) is 0 Å². The van der Waals surface area contributed by atoms with Crippen LogP contribution in [0, 0.1) is 12.3 Å². The third-order valence-electron chi connectivity index (χ3n) is 0.157. The molecule has 0 heterocycles. The number of terminal acetylenes is 1. The first kappa shape index (κ1) is 4.23. The van der Waals surface area contributed by atoms with Gasteiger partial charge in [-0.25, -0.2) is 0 Å². The van der Waals surface area contributed by atoms with Crippen LogP contribution < -0.4 is 0 Å². The Morgan fingerprint density at radius 2 is 2.20 bits per heavy atom. The fraction of sp³-hybridized carbons (Fsp3) is 0. The number of hydrogen-bond acceptors (Lipinski definition) is 0. The SMILES string of the molecule is C#CC(=C)F. The smallest absolute Gasteiger partial charge is 0.165 e. The molecular weight excluding hydrogens is 67.0 g/mol. The molecule has 0 fully saturated rings. The molecule has 0 unspecified atom stereocenters. The summed E-state index contributed by atoms with van der Waals surface area (Å²) in [4.78, 5) is 0. The van der Waals surface area contributed by atoms with Crippen LogP contribution in [0.4, 0.5) is 4.39 Å². The zero-order valence-corrected chi connectivity index (χ0v) is 2.66. The molecule has 0 N–H and O–H groups in total. The van der Waals surface area contributed by atoms with Crippen molar-refractivity contribution in [2.75, 3.05) is 0 Å². The maximum Gasteiger partial charge on any atom is 0.165 e. The van der Waals surface area contributed by atoms with Crippen molar-refractivity contribution in [1.29, 1.82) is 0 Å². The van der Waals surface area contributed by atoms with Crippen molar-refractivity contribution in [3.63, 3.8) is 0 Å². The summed E-state index contributed by atoms with van der Waals surface area (Å²) in [6, 6.07) is 0. The van der Waals surface area contributed by atoms with E-state index in [0.29, 0.717) is 0 Å². The maximum atomic E-state index is 11.0. The van der Waals surface area contributed by atoms with Crippen LogP contribution in [0.15, 0.2) is 12.4 Å². The van der Waals surface area contributed by atoms with Gasteiger partial charge in [0.15, 0.2) is 5.83 Å². The Bertz CT molecular complexity index is 76.1. The van der Waals surface area contributed by atoms with E-state index in [2.05, 4.69) is 13.0 Å². The Balaban J connectivity index is 3.35. The van der Waals surface area contributed by atoms with E-state index in [-0.39, 0.29) is 0 Å². The maximum absolute atomic E-state index is 11.0. The molecule has 0 rings (SSSR count). The fourth-order valence-corrected chi connectivity index (χ4v) is 0. The second-order valence-corrected chi connectivity index (χ2v) is 0.549. The lowest BCUT2D eigenvalue weighted by atomic mass is 10.6. The van der Waals surface area contributed by atoms with Gasteiger partial charge in [-0.05, 0) is 5.92 Å². The van der Waals surface area contributed by atoms with Crippen LogP contribution in [0.5, 0.6) is 0 Å². The molecule has 0 amide bonds. The molecule has 0 aromatic carbocycles. The van der Waals surface area contributed by atoms with Crippen molar-refractivity contribution in [2.45, 2.75) is 0 Å². The minimum atomic E-state index is -0.718. The van der Waals surface area contributed by atoms with Gasteiger partial charge in [-0.15, -0.1) is 6.42 Å². The quantitative estimate of drug-likeness (QED) is 0.374. The molecule has 0 aliphatic carbocycles. The van der Waals surface area contributed by atoms with E-state index in [1.165, 1.54) is 0 Å². The van der Waals surface area contributed by atoms with Gasteiger partial charge in [-0.3, -0.25) is 0 Å². The highest BCUT2D eigenvalue weighted by Crippen LogP contribution is 1.80. The summed E-state index contributed by atoms with van der Waals surface area (Å²) in [5.41, 5.74) is 0. The van der Waals surface area contributed by atoms with E-state index >= 15 is 0 Å². The second kappa shape index (κ2) is 1.54. The molecule has 0 nitrogen and oxygen atoms in total. The van der Waals surface area contributed by atoms with Gasteiger partial charge in [0.05, 0.1) is 0 Å². The molecule has 0 aliphatic rings. The van der Waals surface area contributed by atoms with Crippen molar-refractivity contribution in [1.82, 2.24) is 0 Å². The fourth-order valence-electron chi connectivity index (χ4n) is 0. The Hall–Kier alpha value is -0.770.